The molecule has 0 amide bonds. The summed E-state index contributed by atoms with van der Waals surface area (Å²) in [5.74, 6) is 0.695. The van der Waals surface area contributed by atoms with Crippen LogP contribution in [0.1, 0.15) is 56.1 Å². The number of anilines is 1. The van der Waals surface area contributed by atoms with Crippen molar-refractivity contribution < 1.29 is 12.8 Å². The molecule has 0 fully saturated rings. The van der Waals surface area contributed by atoms with Crippen molar-refractivity contribution in [2.24, 2.45) is 0 Å². The zero-order valence-electron chi connectivity index (χ0n) is 19.0. The van der Waals surface area contributed by atoms with Gasteiger partial charge in [-0.2, -0.15) is 14.4 Å². The number of nitrogens with zero attached hydrogens (tertiary/aromatic N) is 4. The summed E-state index contributed by atoms with van der Waals surface area (Å²) >= 11 is 2.35. The molecule has 0 atom stereocenters. The summed E-state index contributed by atoms with van der Waals surface area (Å²) in [6.07, 6.45) is 3.47. The Kier molecular flexibility index (Phi) is 6.67. The molecule has 11 heteroatoms. The molecule has 1 aromatic carbocycles. The third-order valence-corrected chi connectivity index (χ3v) is 9.14. The monoisotopic (exact) mass is 586 g/mol. The molecule has 1 aliphatic carbocycles. The van der Waals surface area contributed by atoms with E-state index in [0.717, 1.165) is 22.0 Å². The van der Waals surface area contributed by atoms with Gasteiger partial charge in [-0.1, -0.05) is 6.07 Å². The first kappa shape index (κ1) is 24.3. The van der Waals surface area contributed by atoms with Gasteiger partial charge >= 0.3 is 6.08 Å². The van der Waals surface area contributed by atoms with Gasteiger partial charge in [-0.25, -0.2) is 18.1 Å². The number of nitrogen functional groups attached to an aromatic ring is 1. The Morgan fingerprint density at radius 3 is 2.58 bits per heavy atom. The molecule has 1 aliphatic rings. The van der Waals surface area contributed by atoms with Gasteiger partial charge in [0, 0.05) is 23.1 Å². The Morgan fingerprint density at radius 1 is 1.18 bits per heavy atom. The predicted octanol–water partition coefficient (Wildman–Crippen LogP) is 3.34. The first-order chi connectivity index (χ1) is 15.5. The van der Waals surface area contributed by atoms with E-state index in [4.69, 9.17) is 5.73 Å². The number of aryl methyl sites for hydroxylation is 3. The second kappa shape index (κ2) is 9.06. The van der Waals surface area contributed by atoms with E-state index in [1.165, 1.54) is 17.5 Å². The molecule has 0 unspecified atom stereocenters. The quantitative estimate of drug-likeness (QED) is 0.249. The summed E-state index contributed by atoms with van der Waals surface area (Å²) < 4.78 is 43.4. The molecule has 2 aromatic heterocycles. The van der Waals surface area contributed by atoms with Crippen LogP contribution in [0, 0.1) is 9.65 Å². The molecular formula is C22H28FIN6O2S. The van der Waals surface area contributed by atoms with E-state index >= 15 is 0 Å². The molecule has 3 aromatic rings. The van der Waals surface area contributed by atoms with Gasteiger partial charge in [-0.3, -0.25) is 0 Å². The Balaban J connectivity index is 1.63. The van der Waals surface area contributed by atoms with Crippen LogP contribution in [-0.2, 0) is 35.8 Å². The summed E-state index contributed by atoms with van der Waals surface area (Å²) in [7, 11) is -3.45. The van der Waals surface area contributed by atoms with Crippen molar-refractivity contribution in [1.29, 1.82) is 0 Å². The number of imidazole rings is 1. The van der Waals surface area contributed by atoms with E-state index in [1.807, 2.05) is 4.57 Å². The zero-order valence-corrected chi connectivity index (χ0v) is 21.9. The third kappa shape index (κ3) is 4.99. The zero-order chi connectivity index (χ0) is 24.0. The van der Waals surface area contributed by atoms with Crippen LogP contribution in [0.25, 0.3) is 11.2 Å². The number of rotatable bonds is 7. The molecule has 0 saturated carbocycles. The molecule has 8 nitrogen and oxygen atoms in total. The molecule has 0 aliphatic heterocycles. The van der Waals surface area contributed by atoms with E-state index in [2.05, 4.69) is 54.4 Å². The van der Waals surface area contributed by atoms with Crippen LogP contribution in [0.2, 0.25) is 0 Å². The lowest BCUT2D eigenvalue weighted by atomic mass is 10.0. The molecule has 3 N–H and O–H groups in total. The minimum Gasteiger partial charge on any atom is -0.382 e. The molecular weight excluding hydrogens is 558 g/mol. The van der Waals surface area contributed by atoms with Gasteiger partial charge in [-0.05, 0) is 91.8 Å². The fraction of sp³-hybridized carbons (Fsp3) is 0.500. The first-order valence-corrected chi connectivity index (χ1v) is 13.5. The fourth-order valence-corrected chi connectivity index (χ4v) is 5.59. The Morgan fingerprint density at radius 2 is 1.88 bits per heavy atom. The molecule has 0 spiro atoms. The fourth-order valence-electron chi connectivity index (χ4n) is 4.02. The highest BCUT2D eigenvalue weighted by atomic mass is 127. The first-order valence-electron chi connectivity index (χ1n) is 10.9. The SMILES string of the molecule is CC(C)(C)S(=O)(=O)NCCCn1c(Cc2cc3c(cc2I)CCC3)nc2c(N)nc(F)nc21. The number of nitrogens with one attached hydrogen (secondary N) is 1. The van der Waals surface area contributed by atoms with E-state index in [9.17, 15) is 12.8 Å². The van der Waals surface area contributed by atoms with Crippen LogP contribution in [0.3, 0.4) is 0 Å². The summed E-state index contributed by atoms with van der Waals surface area (Å²) in [5, 5.41) is 0. The van der Waals surface area contributed by atoms with E-state index < -0.39 is 20.8 Å². The van der Waals surface area contributed by atoms with Gasteiger partial charge in [0.15, 0.2) is 17.0 Å². The third-order valence-electron chi connectivity index (χ3n) is 5.94. The van der Waals surface area contributed by atoms with Crippen molar-refractivity contribution in [3.8, 4) is 0 Å². The number of halogens is 2. The average molecular weight is 586 g/mol. The second-order valence-corrected chi connectivity index (χ2v) is 13.0. The molecule has 0 bridgehead atoms. The standard InChI is InChI=1S/C22H28FIN6O2S/c1-22(2,3)33(31,32)26-8-5-9-30-17(27-18-19(25)28-21(23)29-20(18)30)12-15-10-13-6-4-7-14(13)11-16(15)24/h10-11,26H,4-9,12H2,1-3H3,(H2,25,28,29). The van der Waals surface area contributed by atoms with Crippen LogP contribution in [-0.4, -0.2) is 39.2 Å². The van der Waals surface area contributed by atoms with Crippen molar-refractivity contribution in [3.05, 3.63) is 44.3 Å². The second-order valence-electron chi connectivity index (χ2n) is 9.34. The maximum absolute atomic E-state index is 14.0. The smallest absolute Gasteiger partial charge is 0.312 e. The van der Waals surface area contributed by atoms with E-state index in [0.29, 0.717) is 36.4 Å². The minimum atomic E-state index is -3.45. The Hall–Kier alpha value is -1.86. The number of aromatic nitrogens is 4. The van der Waals surface area contributed by atoms with Gasteiger partial charge < -0.3 is 10.3 Å². The largest absolute Gasteiger partial charge is 0.382 e. The molecule has 0 radical (unpaired) electrons. The highest BCUT2D eigenvalue weighted by molar-refractivity contribution is 14.1. The van der Waals surface area contributed by atoms with Crippen molar-refractivity contribution in [3.63, 3.8) is 0 Å². The number of nitrogens with two attached hydrogens (primary N) is 1. The Labute approximate surface area is 206 Å². The lowest BCUT2D eigenvalue weighted by Gasteiger charge is -2.19. The number of hydrogen-bond donors (Lipinski definition) is 2. The van der Waals surface area contributed by atoms with Gasteiger partial charge in [0.2, 0.25) is 10.0 Å². The van der Waals surface area contributed by atoms with E-state index in [-0.39, 0.29) is 12.4 Å². The topological polar surface area (TPSA) is 116 Å². The maximum atomic E-state index is 14.0. The predicted molar refractivity (Wildman–Crippen MR) is 135 cm³/mol. The summed E-state index contributed by atoms with van der Waals surface area (Å²) in [6.45, 7) is 5.61. The van der Waals surface area contributed by atoms with Crippen LogP contribution in [0.15, 0.2) is 12.1 Å². The summed E-state index contributed by atoms with van der Waals surface area (Å²) in [6, 6.07) is 4.47. The number of sulfonamides is 1. The number of benzene rings is 1. The minimum absolute atomic E-state index is 0.00501. The number of hydrogen-bond acceptors (Lipinski definition) is 6. The van der Waals surface area contributed by atoms with Gasteiger partial charge in [-0.15, -0.1) is 0 Å². The lowest BCUT2D eigenvalue weighted by Crippen LogP contribution is -2.39. The molecule has 4 rings (SSSR count). The lowest BCUT2D eigenvalue weighted by molar-refractivity contribution is 0.533. The summed E-state index contributed by atoms with van der Waals surface area (Å²) in [4.78, 5) is 12.2. The Bertz CT molecular complexity index is 1320. The van der Waals surface area contributed by atoms with Crippen LogP contribution in [0.4, 0.5) is 10.2 Å². The van der Waals surface area contributed by atoms with Gasteiger partial charge in [0.1, 0.15) is 5.82 Å². The van der Waals surface area contributed by atoms with Crippen LogP contribution in [0.5, 0.6) is 0 Å². The highest BCUT2D eigenvalue weighted by Crippen LogP contribution is 2.29. The maximum Gasteiger partial charge on any atom is 0.312 e. The van der Waals surface area contributed by atoms with Crippen molar-refractivity contribution in [2.45, 2.75) is 64.2 Å². The molecule has 33 heavy (non-hydrogen) atoms. The molecule has 0 saturated heterocycles. The van der Waals surface area contributed by atoms with Gasteiger partial charge in [0.25, 0.3) is 0 Å². The van der Waals surface area contributed by atoms with Crippen molar-refractivity contribution >= 4 is 49.6 Å². The normalized spacial score (nSPS) is 14.2. The number of fused-ring (bicyclic) bond motifs is 2. The average Bonchev–Trinajstić information content (AvgIpc) is 3.29. The molecule has 2 heterocycles. The van der Waals surface area contributed by atoms with Gasteiger partial charge in [0.05, 0.1) is 4.75 Å². The summed E-state index contributed by atoms with van der Waals surface area (Å²) in [5.41, 5.74) is 10.5. The van der Waals surface area contributed by atoms with Crippen molar-refractivity contribution in [1.82, 2.24) is 24.2 Å². The van der Waals surface area contributed by atoms with E-state index in [1.54, 1.807) is 20.8 Å². The highest BCUT2D eigenvalue weighted by Gasteiger charge is 2.28. The van der Waals surface area contributed by atoms with Crippen LogP contribution >= 0.6 is 22.6 Å². The van der Waals surface area contributed by atoms with Crippen molar-refractivity contribution in [2.75, 3.05) is 12.3 Å². The van der Waals surface area contributed by atoms with Crippen LogP contribution < -0.4 is 10.5 Å². The molecule has 178 valence electrons.